The van der Waals surface area contributed by atoms with Crippen LogP contribution in [0.15, 0.2) is 46.9 Å². The maximum atomic E-state index is 13.8. The molecule has 1 unspecified atom stereocenters. The Labute approximate surface area is 121 Å². The van der Waals surface area contributed by atoms with E-state index in [0.717, 1.165) is 16.5 Å². The molecule has 2 N–H and O–H groups in total. The van der Waals surface area contributed by atoms with Gasteiger partial charge in [-0.1, -0.05) is 53.2 Å². The molecule has 0 aliphatic rings. The van der Waals surface area contributed by atoms with Crippen LogP contribution in [0.25, 0.3) is 0 Å². The quantitative estimate of drug-likeness (QED) is 0.887. The Morgan fingerprint density at radius 1 is 1.11 bits per heavy atom. The molecular weight excluding hydrogens is 305 g/mol. The SMILES string of the molecule is CCc1ccc(CC(N)c2ccc(Br)cc2F)cc1. The number of hydrogen-bond donors (Lipinski definition) is 1. The molecule has 0 amide bonds. The third kappa shape index (κ3) is 3.64. The van der Waals surface area contributed by atoms with Gasteiger partial charge in [0.05, 0.1) is 0 Å². The van der Waals surface area contributed by atoms with Crippen LogP contribution in [-0.2, 0) is 12.8 Å². The third-order valence-corrected chi connectivity index (χ3v) is 3.74. The van der Waals surface area contributed by atoms with Crippen LogP contribution < -0.4 is 5.73 Å². The van der Waals surface area contributed by atoms with Crippen molar-refractivity contribution in [3.63, 3.8) is 0 Å². The average Bonchev–Trinajstić information content (AvgIpc) is 2.39. The van der Waals surface area contributed by atoms with Crippen molar-refractivity contribution in [1.29, 1.82) is 0 Å². The molecule has 0 bridgehead atoms. The van der Waals surface area contributed by atoms with E-state index in [4.69, 9.17) is 5.73 Å². The lowest BCUT2D eigenvalue weighted by molar-refractivity contribution is 0.579. The van der Waals surface area contributed by atoms with Gasteiger partial charge in [-0.05, 0) is 36.1 Å². The highest BCUT2D eigenvalue weighted by atomic mass is 79.9. The van der Waals surface area contributed by atoms with Crippen molar-refractivity contribution in [3.05, 3.63) is 69.4 Å². The van der Waals surface area contributed by atoms with E-state index in [0.29, 0.717) is 12.0 Å². The molecule has 3 heteroatoms. The number of nitrogens with two attached hydrogens (primary N) is 1. The second kappa shape index (κ2) is 6.31. The molecule has 0 aliphatic heterocycles. The predicted molar refractivity (Wildman–Crippen MR) is 80.6 cm³/mol. The lowest BCUT2D eigenvalue weighted by atomic mass is 9.98. The summed E-state index contributed by atoms with van der Waals surface area (Å²) >= 11 is 3.25. The first-order valence-corrected chi connectivity index (χ1v) is 7.17. The molecule has 2 aromatic rings. The van der Waals surface area contributed by atoms with Gasteiger partial charge in [-0.2, -0.15) is 0 Å². The topological polar surface area (TPSA) is 26.0 Å². The summed E-state index contributed by atoms with van der Waals surface area (Å²) < 4.78 is 14.5. The van der Waals surface area contributed by atoms with Gasteiger partial charge < -0.3 is 5.73 Å². The molecule has 0 radical (unpaired) electrons. The predicted octanol–water partition coefficient (Wildman–Crippen LogP) is 4.39. The first-order valence-electron chi connectivity index (χ1n) is 6.38. The molecule has 1 atom stereocenters. The summed E-state index contributed by atoms with van der Waals surface area (Å²) in [4.78, 5) is 0. The van der Waals surface area contributed by atoms with Crippen molar-refractivity contribution < 1.29 is 4.39 Å². The second-order valence-electron chi connectivity index (χ2n) is 4.65. The normalized spacial score (nSPS) is 12.4. The van der Waals surface area contributed by atoms with E-state index in [2.05, 4.69) is 47.1 Å². The lowest BCUT2D eigenvalue weighted by Gasteiger charge is -2.13. The Morgan fingerprint density at radius 2 is 1.74 bits per heavy atom. The average molecular weight is 322 g/mol. The van der Waals surface area contributed by atoms with Gasteiger partial charge in [-0.3, -0.25) is 0 Å². The molecule has 0 aliphatic carbocycles. The highest BCUT2D eigenvalue weighted by molar-refractivity contribution is 9.10. The Balaban J connectivity index is 2.13. The number of aryl methyl sites for hydroxylation is 1. The summed E-state index contributed by atoms with van der Waals surface area (Å²) in [7, 11) is 0. The van der Waals surface area contributed by atoms with Crippen molar-refractivity contribution >= 4 is 15.9 Å². The minimum Gasteiger partial charge on any atom is -0.324 e. The fourth-order valence-electron chi connectivity index (χ4n) is 2.08. The Hall–Kier alpha value is -1.19. The zero-order valence-corrected chi connectivity index (χ0v) is 12.5. The maximum Gasteiger partial charge on any atom is 0.129 e. The Morgan fingerprint density at radius 3 is 2.32 bits per heavy atom. The standard InChI is InChI=1S/C16H17BrFN/c1-2-11-3-5-12(6-4-11)9-16(19)14-8-7-13(17)10-15(14)18/h3-8,10,16H,2,9,19H2,1H3. The first kappa shape index (κ1) is 14.2. The van der Waals surface area contributed by atoms with Crippen LogP contribution in [0.1, 0.15) is 29.7 Å². The zero-order valence-electron chi connectivity index (χ0n) is 10.9. The van der Waals surface area contributed by atoms with Crippen molar-refractivity contribution in [2.24, 2.45) is 5.73 Å². The summed E-state index contributed by atoms with van der Waals surface area (Å²) in [6, 6.07) is 13.0. The molecule has 0 heterocycles. The van der Waals surface area contributed by atoms with E-state index in [1.807, 2.05) is 6.07 Å². The zero-order chi connectivity index (χ0) is 13.8. The lowest BCUT2D eigenvalue weighted by Crippen LogP contribution is -2.15. The largest absolute Gasteiger partial charge is 0.324 e. The number of benzene rings is 2. The van der Waals surface area contributed by atoms with Crippen LogP contribution >= 0.6 is 15.9 Å². The molecule has 2 rings (SSSR count). The minimum atomic E-state index is -0.319. The summed E-state index contributed by atoms with van der Waals surface area (Å²) in [5, 5.41) is 0. The molecule has 1 nitrogen and oxygen atoms in total. The molecule has 2 aromatic carbocycles. The first-order chi connectivity index (χ1) is 9.10. The van der Waals surface area contributed by atoms with Gasteiger partial charge in [-0.15, -0.1) is 0 Å². The number of halogens is 2. The molecule has 100 valence electrons. The van der Waals surface area contributed by atoms with Gasteiger partial charge >= 0.3 is 0 Å². The van der Waals surface area contributed by atoms with E-state index in [-0.39, 0.29) is 11.9 Å². The highest BCUT2D eigenvalue weighted by Crippen LogP contribution is 2.22. The van der Waals surface area contributed by atoms with Gasteiger partial charge in [-0.25, -0.2) is 4.39 Å². The summed E-state index contributed by atoms with van der Waals surface area (Å²) in [5.41, 5.74) is 9.08. The molecule has 0 saturated carbocycles. The fourth-order valence-corrected chi connectivity index (χ4v) is 2.41. The van der Waals surface area contributed by atoms with E-state index >= 15 is 0 Å². The van der Waals surface area contributed by atoms with E-state index < -0.39 is 0 Å². The Bertz CT molecular complexity index is 551. The molecule has 0 saturated heterocycles. The van der Waals surface area contributed by atoms with Gasteiger partial charge in [0.2, 0.25) is 0 Å². The van der Waals surface area contributed by atoms with Crippen LogP contribution in [0, 0.1) is 5.82 Å². The van der Waals surface area contributed by atoms with E-state index in [1.54, 1.807) is 6.07 Å². The van der Waals surface area contributed by atoms with Crippen LogP contribution in [-0.4, -0.2) is 0 Å². The van der Waals surface area contributed by atoms with Crippen LogP contribution in [0.5, 0.6) is 0 Å². The summed E-state index contributed by atoms with van der Waals surface area (Å²) in [5.74, 6) is -0.257. The van der Waals surface area contributed by atoms with Crippen LogP contribution in [0.3, 0.4) is 0 Å². The van der Waals surface area contributed by atoms with Crippen molar-refractivity contribution in [2.75, 3.05) is 0 Å². The maximum absolute atomic E-state index is 13.8. The van der Waals surface area contributed by atoms with Gasteiger partial charge in [0, 0.05) is 16.1 Å². The van der Waals surface area contributed by atoms with Crippen molar-refractivity contribution in [3.8, 4) is 0 Å². The van der Waals surface area contributed by atoms with Gasteiger partial charge in [0.25, 0.3) is 0 Å². The summed E-state index contributed by atoms with van der Waals surface area (Å²) in [6.07, 6.45) is 1.66. The van der Waals surface area contributed by atoms with Crippen molar-refractivity contribution in [1.82, 2.24) is 0 Å². The highest BCUT2D eigenvalue weighted by Gasteiger charge is 2.12. The van der Waals surface area contributed by atoms with E-state index in [9.17, 15) is 4.39 Å². The summed E-state index contributed by atoms with van der Waals surface area (Å²) in [6.45, 7) is 2.12. The number of rotatable bonds is 4. The fraction of sp³-hybridized carbons (Fsp3) is 0.250. The second-order valence-corrected chi connectivity index (χ2v) is 5.56. The van der Waals surface area contributed by atoms with Crippen LogP contribution in [0.4, 0.5) is 4.39 Å². The third-order valence-electron chi connectivity index (χ3n) is 3.25. The van der Waals surface area contributed by atoms with Gasteiger partial charge in [0.1, 0.15) is 5.82 Å². The van der Waals surface area contributed by atoms with Crippen LogP contribution in [0.2, 0.25) is 0 Å². The van der Waals surface area contributed by atoms with Crippen molar-refractivity contribution in [2.45, 2.75) is 25.8 Å². The molecule has 0 fully saturated rings. The molecule has 0 aromatic heterocycles. The monoisotopic (exact) mass is 321 g/mol. The number of hydrogen-bond acceptors (Lipinski definition) is 1. The molecule has 19 heavy (non-hydrogen) atoms. The minimum absolute atomic E-state index is 0.257. The molecular formula is C16H17BrFN. The van der Waals surface area contributed by atoms with Gasteiger partial charge in [0.15, 0.2) is 0 Å². The Kier molecular flexibility index (Phi) is 4.72. The smallest absolute Gasteiger partial charge is 0.129 e. The van der Waals surface area contributed by atoms with E-state index in [1.165, 1.54) is 11.6 Å². The molecule has 0 spiro atoms.